The summed E-state index contributed by atoms with van der Waals surface area (Å²) in [5.74, 6) is 1.12. The second kappa shape index (κ2) is 6.70. The molecule has 1 atom stereocenters. The fourth-order valence-corrected chi connectivity index (χ4v) is 4.47. The van der Waals surface area contributed by atoms with E-state index in [0.717, 1.165) is 22.5 Å². The van der Waals surface area contributed by atoms with Gasteiger partial charge >= 0.3 is 0 Å². The SMILES string of the molecule is Cc1cccc(C(=O)Nc2c3c(nn2-c2cccc(Cl)c2)C[S@@](=O)C3)c1. The quantitative estimate of drug-likeness (QED) is 0.744. The van der Waals surface area contributed by atoms with Crippen molar-refractivity contribution >= 4 is 34.1 Å². The van der Waals surface area contributed by atoms with Crippen molar-refractivity contribution in [3.05, 3.63) is 75.9 Å². The van der Waals surface area contributed by atoms with E-state index < -0.39 is 10.8 Å². The van der Waals surface area contributed by atoms with Crippen LogP contribution < -0.4 is 5.32 Å². The number of aryl methyl sites for hydroxylation is 1. The first-order valence-electron chi connectivity index (χ1n) is 8.11. The summed E-state index contributed by atoms with van der Waals surface area (Å²) in [6.07, 6.45) is 0. The third kappa shape index (κ3) is 3.18. The summed E-state index contributed by atoms with van der Waals surface area (Å²) in [6, 6.07) is 14.6. The van der Waals surface area contributed by atoms with Crippen molar-refractivity contribution in [3.8, 4) is 5.69 Å². The highest BCUT2D eigenvalue weighted by atomic mass is 35.5. The minimum absolute atomic E-state index is 0.225. The van der Waals surface area contributed by atoms with E-state index in [1.54, 1.807) is 22.9 Å². The number of aromatic nitrogens is 2. The van der Waals surface area contributed by atoms with Crippen molar-refractivity contribution in [3.63, 3.8) is 0 Å². The lowest BCUT2D eigenvalue weighted by molar-refractivity contribution is 0.102. The Labute approximate surface area is 158 Å². The second-order valence-electron chi connectivity index (χ2n) is 6.22. The van der Waals surface area contributed by atoms with Gasteiger partial charge in [0.15, 0.2) is 0 Å². The van der Waals surface area contributed by atoms with Crippen LogP contribution in [0.25, 0.3) is 5.69 Å². The minimum atomic E-state index is -0.984. The number of nitrogens with one attached hydrogen (secondary N) is 1. The Balaban J connectivity index is 1.77. The van der Waals surface area contributed by atoms with E-state index in [1.165, 1.54) is 0 Å². The fraction of sp³-hybridized carbons (Fsp3) is 0.158. The first-order valence-corrected chi connectivity index (χ1v) is 9.97. The van der Waals surface area contributed by atoms with E-state index in [-0.39, 0.29) is 5.91 Å². The summed E-state index contributed by atoms with van der Waals surface area (Å²) in [5.41, 5.74) is 3.90. The Morgan fingerprint density at radius 3 is 2.77 bits per heavy atom. The lowest BCUT2D eigenvalue weighted by Crippen LogP contribution is -2.16. The third-order valence-corrected chi connectivity index (χ3v) is 5.68. The summed E-state index contributed by atoms with van der Waals surface area (Å²) >= 11 is 6.11. The van der Waals surface area contributed by atoms with E-state index >= 15 is 0 Å². The Morgan fingerprint density at radius 1 is 1.19 bits per heavy atom. The van der Waals surface area contributed by atoms with Crippen molar-refractivity contribution in [1.82, 2.24) is 9.78 Å². The molecule has 3 aromatic rings. The topological polar surface area (TPSA) is 64.0 Å². The molecular formula is C19H16ClN3O2S. The molecule has 26 heavy (non-hydrogen) atoms. The molecule has 0 saturated carbocycles. The zero-order valence-corrected chi connectivity index (χ0v) is 15.6. The van der Waals surface area contributed by atoms with Crippen molar-refractivity contribution in [2.75, 3.05) is 5.32 Å². The molecule has 0 radical (unpaired) electrons. The van der Waals surface area contributed by atoms with Crippen LogP contribution in [-0.4, -0.2) is 19.9 Å². The third-order valence-electron chi connectivity index (χ3n) is 4.23. The van der Waals surface area contributed by atoms with Crippen LogP contribution in [0.15, 0.2) is 48.5 Å². The van der Waals surface area contributed by atoms with Gasteiger partial charge in [0, 0.05) is 26.9 Å². The molecule has 0 aliphatic carbocycles. The van der Waals surface area contributed by atoms with Crippen LogP contribution in [0.3, 0.4) is 0 Å². The fourth-order valence-electron chi connectivity index (χ4n) is 3.02. The summed E-state index contributed by atoms with van der Waals surface area (Å²) < 4.78 is 13.6. The van der Waals surface area contributed by atoms with E-state index in [9.17, 15) is 9.00 Å². The number of rotatable bonds is 3. The van der Waals surface area contributed by atoms with Crippen LogP contribution in [0, 0.1) is 6.92 Å². The Bertz CT molecular complexity index is 1050. The highest BCUT2D eigenvalue weighted by molar-refractivity contribution is 7.83. The van der Waals surface area contributed by atoms with Crippen LogP contribution in [0.5, 0.6) is 0 Å². The molecule has 1 aliphatic heterocycles. The number of fused-ring (bicyclic) bond motifs is 1. The van der Waals surface area contributed by atoms with Crippen LogP contribution >= 0.6 is 11.6 Å². The highest BCUT2D eigenvalue weighted by Gasteiger charge is 2.28. The largest absolute Gasteiger partial charge is 0.306 e. The molecule has 5 nitrogen and oxygen atoms in total. The van der Waals surface area contributed by atoms with Gasteiger partial charge in [-0.05, 0) is 37.3 Å². The van der Waals surface area contributed by atoms with E-state index in [4.69, 9.17) is 11.6 Å². The number of carbonyl (C=O) groups is 1. The maximum atomic E-state index is 12.7. The van der Waals surface area contributed by atoms with Crippen molar-refractivity contribution in [1.29, 1.82) is 0 Å². The highest BCUT2D eigenvalue weighted by Crippen LogP contribution is 2.32. The minimum Gasteiger partial charge on any atom is -0.306 e. The summed E-state index contributed by atoms with van der Waals surface area (Å²) in [7, 11) is -0.984. The molecule has 1 N–H and O–H groups in total. The van der Waals surface area contributed by atoms with Gasteiger partial charge in [-0.1, -0.05) is 35.4 Å². The lowest BCUT2D eigenvalue weighted by atomic mass is 10.1. The first-order chi connectivity index (χ1) is 12.5. The molecule has 0 saturated heterocycles. The van der Waals surface area contributed by atoms with Crippen LogP contribution in [0.4, 0.5) is 5.82 Å². The Kier molecular flexibility index (Phi) is 4.38. The number of anilines is 1. The molecule has 7 heteroatoms. The van der Waals surface area contributed by atoms with E-state index in [0.29, 0.717) is 27.9 Å². The van der Waals surface area contributed by atoms with Gasteiger partial charge in [0.25, 0.3) is 5.91 Å². The molecular weight excluding hydrogens is 370 g/mol. The van der Waals surface area contributed by atoms with E-state index in [1.807, 2.05) is 37.3 Å². The zero-order valence-electron chi connectivity index (χ0n) is 14.0. The molecule has 0 fully saturated rings. The predicted molar refractivity (Wildman–Crippen MR) is 103 cm³/mol. The second-order valence-corrected chi connectivity index (χ2v) is 8.11. The number of benzene rings is 2. The average Bonchev–Trinajstić information content (AvgIpc) is 3.12. The normalized spacial score (nSPS) is 15.7. The molecule has 0 spiro atoms. The molecule has 4 rings (SSSR count). The number of amides is 1. The zero-order chi connectivity index (χ0) is 18.3. The molecule has 1 aliphatic rings. The monoisotopic (exact) mass is 385 g/mol. The van der Waals surface area contributed by atoms with Gasteiger partial charge in [0.1, 0.15) is 5.82 Å². The van der Waals surface area contributed by atoms with Crippen LogP contribution in [0.1, 0.15) is 27.2 Å². The number of carbonyl (C=O) groups excluding carboxylic acids is 1. The van der Waals surface area contributed by atoms with Crippen molar-refractivity contribution < 1.29 is 9.00 Å². The maximum absolute atomic E-state index is 12.7. The number of halogens is 1. The van der Waals surface area contributed by atoms with Gasteiger partial charge in [0.2, 0.25) is 0 Å². The predicted octanol–water partition coefficient (Wildman–Crippen LogP) is 3.85. The van der Waals surface area contributed by atoms with E-state index in [2.05, 4.69) is 10.4 Å². The van der Waals surface area contributed by atoms with Crippen molar-refractivity contribution in [2.24, 2.45) is 0 Å². The van der Waals surface area contributed by atoms with Crippen LogP contribution in [-0.2, 0) is 22.3 Å². The molecule has 0 unspecified atom stereocenters. The summed E-state index contributed by atoms with van der Waals surface area (Å²) in [5, 5.41) is 8.11. The summed E-state index contributed by atoms with van der Waals surface area (Å²) in [6.45, 7) is 1.94. The maximum Gasteiger partial charge on any atom is 0.256 e. The molecule has 132 valence electrons. The summed E-state index contributed by atoms with van der Waals surface area (Å²) in [4.78, 5) is 12.7. The number of hydrogen-bond donors (Lipinski definition) is 1. The Hall–Kier alpha value is -2.44. The molecule has 1 amide bonds. The van der Waals surface area contributed by atoms with Crippen LogP contribution in [0.2, 0.25) is 5.02 Å². The lowest BCUT2D eigenvalue weighted by Gasteiger charge is -2.11. The van der Waals surface area contributed by atoms with Gasteiger partial charge in [0.05, 0.1) is 22.9 Å². The molecule has 2 heterocycles. The number of nitrogens with zero attached hydrogens (tertiary/aromatic N) is 2. The standard InChI is InChI=1S/C19H16ClN3O2S/c1-12-4-2-5-13(8-12)19(24)21-18-16-10-26(25)11-17(16)22-23(18)15-7-3-6-14(20)9-15/h2-9H,10-11H2,1H3,(H,21,24)/t26-/m0/s1. The first kappa shape index (κ1) is 17.0. The van der Waals surface area contributed by atoms with Gasteiger partial charge in [-0.2, -0.15) is 5.10 Å². The van der Waals surface area contributed by atoms with Gasteiger partial charge in [-0.3, -0.25) is 9.00 Å². The molecule has 1 aromatic heterocycles. The molecule has 0 bridgehead atoms. The Morgan fingerprint density at radius 2 is 2.00 bits per heavy atom. The molecule has 2 aromatic carbocycles. The van der Waals surface area contributed by atoms with Gasteiger partial charge < -0.3 is 5.32 Å². The number of hydrogen-bond acceptors (Lipinski definition) is 3. The smallest absolute Gasteiger partial charge is 0.256 e. The van der Waals surface area contributed by atoms with Gasteiger partial charge in [-0.15, -0.1) is 0 Å². The van der Waals surface area contributed by atoms with Crippen molar-refractivity contribution in [2.45, 2.75) is 18.4 Å². The van der Waals surface area contributed by atoms with Gasteiger partial charge in [-0.25, -0.2) is 4.68 Å². The average molecular weight is 386 g/mol.